The maximum Gasteiger partial charge on any atom is 0.260 e. The number of furan rings is 1. The first kappa shape index (κ1) is 12.2. The van der Waals surface area contributed by atoms with Gasteiger partial charge in [-0.25, -0.2) is 0 Å². The molecule has 0 saturated heterocycles. The molecule has 2 heterocycles. The summed E-state index contributed by atoms with van der Waals surface area (Å²) in [6.45, 7) is 3.63. The van der Waals surface area contributed by atoms with Crippen molar-refractivity contribution >= 4 is 5.91 Å². The molecule has 18 heavy (non-hydrogen) atoms. The van der Waals surface area contributed by atoms with E-state index in [1.807, 2.05) is 13.0 Å². The minimum absolute atomic E-state index is 0.0904. The summed E-state index contributed by atoms with van der Waals surface area (Å²) in [7, 11) is 0. The van der Waals surface area contributed by atoms with Crippen LogP contribution in [-0.4, -0.2) is 10.9 Å². The van der Waals surface area contributed by atoms with Crippen LogP contribution >= 0.6 is 0 Å². The summed E-state index contributed by atoms with van der Waals surface area (Å²) in [5.41, 5.74) is -0.314. The predicted octanol–water partition coefficient (Wildman–Crippen LogP) is 1.77. The molecule has 94 valence electrons. The maximum atomic E-state index is 11.9. The van der Waals surface area contributed by atoms with E-state index in [1.54, 1.807) is 19.1 Å². The lowest BCUT2D eigenvalue weighted by Gasteiger charge is -2.10. The van der Waals surface area contributed by atoms with Gasteiger partial charge in [-0.1, -0.05) is 0 Å². The van der Waals surface area contributed by atoms with Crippen molar-refractivity contribution in [3.8, 4) is 0 Å². The van der Waals surface area contributed by atoms with Gasteiger partial charge in [0.2, 0.25) is 0 Å². The van der Waals surface area contributed by atoms with Crippen molar-refractivity contribution in [2.24, 2.45) is 0 Å². The first-order valence-electron chi connectivity index (χ1n) is 5.63. The summed E-state index contributed by atoms with van der Waals surface area (Å²) in [5, 5.41) is 2.71. The Balaban J connectivity index is 2.13. The summed E-state index contributed by atoms with van der Waals surface area (Å²) in [6, 6.07) is 6.43. The topological polar surface area (TPSA) is 75.1 Å². The molecule has 0 spiro atoms. The number of hydrogen-bond donors (Lipinski definition) is 2. The van der Waals surface area contributed by atoms with Crippen LogP contribution in [-0.2, 0) is 0 Å². The van der Waals surface area contributed by atoms with Crippen molar-refractivity contribution < 1.29 is 9.21 Å². The van der Waals surface area contributed by atoms with Crippen LogP contribution in [0.25, 0.3) is 0 Å². The van der Waals surface area contributed by atoms with Crippen LogP contribution in [0.5, 0.6) is 0 Å². The first-order chi connectivity index (χ1) is 8.58. The van der Waals surface area contributed by atoms with Crippen molar-refractivity contribution in [2.45, 2.75) is 19.9 Å². The van der Waals surface area contributed by atoms with Crippen molar-refractivity contribution in [2.75, 3.05) is 0 Å². The third-order valence-corrected chi connectivity index (χ3v) is 2.60. The summed E-state index contributed by atoms with van der Waals surface area (Å²) in [5.74, 6) is 1.02. The maximum absolute atomic E-state index is 11.9. The fourth-order valence-corrected chi connectivity index (χ4v) is 1.63. The number of amides is 1. The minimum atomic E-state index is -0.418. The fourth-order valence-electron chi connectivity index (χ4n) is 1.63. The van der Waals surface area contributed by atoms with Crippen molar-refractivity contribution in [1.29, 1.82) is 0 Å². The van der Waals surface area contributed by atoms with Gasteiger partial charge >= 0.3 is 0 Å². The summed E-state index contributed by atoms with van der Waals surface area (Å²) < 4.78 is 5.41. The standard InChI is InChI=1S/C13H14N2O3/c1-8-5-6-11(18-8)9(2)15-13(17)10-4-3-7-14-12(10)16/h3-7,9H,1-2H3,(H,14,16)(H,15,17)/t9-/m1/s1. The van der Waals surface area contributed by atoms with Gasteiger partial charge in [-0.2, -0.15) is 0 Å². The Bertz CT molecular complexity index is 612. The molecule has 0 saturated carbocycles. The highest BCUT2D eigenvalue weighted by Gasteiger charge is 2.15. The lowest BCUT2D eigenvalue weighted by molar-refractivity contribution is 0.0933. The highest BCUT2D eigenvalue weighted by Crippen LogP contribution is 2.15. The molecule has 0 aliphatic carbocycles. The van der Waals surface area contributed by atoms with Crippen LogP contribution in [0.15, 0.2) is 39.7 Å². The molecule has 0 aliphatic rings. The molecule has 1 amide bonds. The van der Waals surface area contributed by atoms with Gasteiger partial charge in [0.05, 0.1) is 6.04 Å². The van der Waals surface area contributed by atoms with Crippen LogP contribution in [0, 0.1) is 6.92 Å². The highest BCUT2D eigenvalue weighted by atomic mass is 16.3. The van der Waals surface area contributed by atoms with Crippen LogP contribution < -0.4 is 10.9 Å². The Hall–Kier alpha value is -2.30. The van der Waals surface area contributed by atoms with Crippen LogP contribution in [0.2, 0.25) is 0 Å². The van der Waals surface area contributed by atoms with Crippen LogP contribution in [0.3, 0.4) is 0 Å². The molecule has 2 aromatic heterocycles. The molecule has 5 nitrogen and oxygen atoms in total. The number of aryl methyl sites for hydroxylation is 1. The number of rotatable bonds is 3. The summed E-state index contributed by atoms with van der Waals surface area (Å²) >= 11 is 0. The molecule has 0 radical (unpaired) electrons. The van der Waals surface area contributed by atoms with E-state index in [0.29, 0.717) is 5.76 Å². The van der Waals surface area contributed by atoms with E-state index in [9.17, 15) is 9.59 Å². The lowest BCUT2D eigenvalue weighted by atomic mass is 10.2. The number of aromatic nitrogens is 1. The number of aromatic amines is 1. The lowest BCUT2D eigenvalue weighted by Crippen LogP contribution is -2.31. The molecular formula is C13H14N2O3. The Morgan fingerprint density at radius 3 is 2.78 bits per heavy atom. The van der Waals surface area contributed by atoms with Gasteiger partial charge < -0.3 is 14.7 Å². The van der Waals surface area contributed by atoms with E-state index in [0.717, 1.165) is 5.76 Å². The van der Waals surface area contributed by atoms with Crippen LogP contribution in [0.4, 0.5) is 0 Å². The molecule has 0 aliphatic heterocycles. The quantitative estimate of drug-likeness (QED) is 0.866. The molecule has 0 unspecified atom stereocenters. The number of pyridine rings is 1. The van der Waals surface area contributed by atoms with E-state index in [2.05, 4.69) is 10.3 Å². The van der Waals surface area contributed by atoms with Gasteiger partial charge in [0, 0.05) is 6.20 Å². The Labute approximate surface area is 104 Å². The van der Waals surface area contributed by atoms with Crippen molar-refractivity contribution in [3.05, 3.63) is 57.9 Å². The Morgan fingerprint density at radius 1 is 1.39 bits per heavy atom. The Kier molecular flexibility index (Phi) is 3.32. The van der Waals surface area contributed by atoms with Crippen molar-refractivity contribution in [1.82, 2.24) is 10.3 Å². The normalized spacial score (nSPS) is 12.1. The second-order valence-corrected chi connectivity index (χ2v) is 4.06. The zero-order valence-corrected chi connectivity index (χ0v) is 10.2. The van der Waals surface area contributed by atoms with E-state index >= 15 is 0 Å². The molecule has 2 rings (SSSR count). The van der Waals surface area contributed by atoms with Gasteiger partial charge in [0.25, 0.3) is 11.5 Å². The first-order valence-corrected chi connectivity index (χ1v) is 5.63. The zero-order valence-electron chi connectivity index (χ0n) is 10.2. The molecule has 2 N–H and O–H groups in total. The molecule has 0 fully saturated rings. The second-order valence-electron chi connectivity index (χ2n) is 4.06. The minimum Gasteiger partial charge on any atom is -0.464 e. The van der Waals surface area contributed by atoms with E-state index in [-0.39, 0.29) is 11.6 Å². The van der Waals surface area contributed by atoms with Crippen molar-refractivity contribution in [3.63, 3.8) is 0 Å². The van der Waals surface area contributed by atoms with E-state index < -0.39 is 11.5 Å². The largest absolute Gasteiger partial charge is 0.464 e. The van der Waals surface area contributed by atoms with Gasteiger partial charge in [0.15, 0.2) is 0 Å². The number of carbonyl (C=O) groups is 1. The molecule has 5 heteroatoms. The van der Waals surface area contributed by atoms with Gasteiger partial charge in [-0.3, -0.25) is 9.59 Å². The molecular weight excluding hydrogens is 232 g/mol. The third-order valence-electron chi connectivity index (χ3n) is 2.60. The second kappa shape index (κ2) is 4.91. The molecule has 1 atom stereocenters. The van der Waals surface area contributed by atoms with Gasteiger partial charge in [-0.05, 0) is 38.1 Å². The Morgan fingerprint density at radius 2 is 2.17 bits per heavy atom. The fraction of sp³-hybridized carbons (Fsp3) is 0.231. The van der Waals surface area contributed by atoms with Gasteiger partial charge in [-0.15, -0.1) is 0 Å². The van der Waals surface area contributed by atoms with E-state index in [4.69, 9.17) is 4.42 Å². The predicted molar refractivity (Wildman–Crippen MR) is 66.4 cm³/mol. The van der Waals surface area contributed by atoms with E-state index in [1.165, 1.54) is 12.3 Å². The summed E-state index contributed by atoms with van der Waals surface area (Å²) in [6.07, 6.45) is 1.48. The highest BCUT2D eigenvalue weighted by molar-refractivity contribution is 5.93. The molecule has 0 bridgehead atoms. The molecule has 2 aromatic rings. The number of carbonyl (C=O) groups excluding carboxylic acids is 1. The average molecular weight is 246 g/mol. The monoisotopic (exact) mass is 246 g/mol. The SMILES string of the molecule is Cc1ccc([C@@H](C)NC(=O)c2ccc[nH]c2=O)o1. The third kappa shape index (κ3) is 2.51. The van der Waals surface area contributed by atoms with Gasteiger partial charge in [0.1, 0.15) is 17.1 Å². The summed E-state index contributed by atoms with van der Waals surface area (Å²) in [4.78, 5) is 25.8. The molecule has 0 aromatic carbocycles. The smallest absolute Gasteiger partial charge is 0.260 e. The number of nitrogens with one attached hydrogen (secondary N) is 2. The number of H-pyrrole nitrogens is 1. The van der Waals surface area contributed by atoms with Crippen LogP contribution in [0.1, 0.15) is 34.8 Å². The zero-order chi connectivity index (χ0) is 13.1. The number of hydrogen-bond acceptors (Lipinski definition) is 3. The average Bonchev–Trinajstić information content (AvgIpc) is 2.76.